The summed E-state index contributed by atoms with van der Waals surface area (Å²) in [5.74, 6) is 0.524. The number of aromatic nitrogens is 1. The van der Waals surface area contributed by atoms with Gasteiger partial charge >= 0.3 is 0 Å². The van der Waals surface area contributed by atoms with Crippen molar-refractivity contribution in [2.75, 3.05) is 13.6 Å². The van der Waals surface area contributed by atoms with Crippen LogP contribution in [0.5, 0.6) is 0 Å². The Morgan fingerprint density at radius 3 is 2.70 bits per heavy atom. The average molecular weight is 448 g/mol. The van der Waals surface area contributed by atoms with Gasteiger partial charge in [0.05, 0.1) is 12.2 Å². The lowest BCUT2D eigenvalue weighted by Crippen LogP contribution is -2.37. The van der Waals surface area contributed by atoms with Gasteiger partial charge in [0.2, 0.25) is 0 Å². The zero-order valence-electron chi connectivity index (χ0n) is 13.5. The lowest BCUT2D eigenvalue weighted by atomic mass is 10.1. The van der Waals surface area contributed by atoms with Crippen molar-refractivity contribution in [2.45, 2.75) is 26.8 Å². The van der Waals surface area contributed by atoms with Crippen molar-refractivity contribution in [2.24, 2.45) is 4.99 Å². The first-order valence-corrected chi connectivity index (χ1v) is 8.02. The largest absolute Gasteiger partial charge is 0.356 e. The fourth-order valence-electron chi connectivity index (χ4n) is 2.01. The van der Waals surface area contributed by atoms with Crippen LogP contribution in [0.4, 0.5) is 4.39 Å². The summed E-state index contributed by atoms with van der Waals surface area (Å²) in [4.78, 5) is 9.91. The number of rotatable bonds is 5. The minimum atomic E-state index is -0.200. The molecule has 0 saturated heterocycles. The Kier molecular flexibility index (Phi) is 8.46. The second-order valence-corrected chi connectivity index (χ2v) is 6.27. The maximum atomic E-state index is 13.1. The molecule has 0 atom stereocenters. The van der Waals surface area contributed by atoms with Crippen molar-refractivity contribution in [1.29, 1.82) is 0 Å². The molecule has 23 heavy (non-hydrogen) atoms. The second kappa shape index (κ2) is 9.82. The topological polar surface area (TPSA) is 49.3 Å². The van der Waals surface area contributed by atoms with E-state index in [1.165, 1.54) is 10.9 Å². The molecule has 1 aromatic carbocycles. The Morgan fingerprint density at radius 2 is 2.09 bits per heavy atom. The van der Waals surface area contributed by atoms with E-state index in [2.05, 4.69) is 27.5 Å². The Bertz CT molecular complexity index is 638. The molecule has 0 fully saturated rings. The van der Waals surface area contributed by atoms with Gasteiger partial charge in [-0.15, -0.1) is 35.3 Å². The number of hydrogen-bond donors (Lipinski definition) is 2. The van der Waals surface area contributed by atoms with E-state index in [1.807, 2.05) is 13.0 Å². The molecule has 2 rings (SSSR count). The van der Waals surface area contributed by atoms with Crippen LogP contribution in [0.2, 0.25) is 0 Å². The van der Waals surface area contributed by atoms with Crippen LogP contribution < -0.4 is 10.6 Å². The molecule has 2 N–H and O–H groups in total. The van der Waals surface area contributed by atoms with Gasteiger partial charge in [0.25, 0.3) is 0 Å². The molecular formula is C16H22FIN4S. The first kappa shape index (κ1) is 19.8. The molecule has 0 saturated carbocycles. The average Bonchev–Trinajstić information content (AvgIpc) is 2.81. The third kappa shape index (κ3) is 6.42. The van der Waals surface area contributed by atoms with E-state index in [1.54, 1.807) is 30.5 Å². The van der Waals surface area contributed by atoms with Gasteiger partial charge in [-0.05, 0) is 38.0 Å². The van der Waals surface area contributed by atoms with Crippen LogP contribution in [0.15, 0.2) is 29.3 Å². The van der Waals surface area contributed by atoms with Crippen LogP contribution in [0.25, 0.3) is 0 Å². The molecule has 126 valence electrons. The highest BCUT2D eigenvalue weighted by Gasteiger charge is 2.04. The molecule has 2 aromatic rings. The minimum absolute atomic E-state index is 0. The van der Waals surface area contributed by atoms with Crippen LogP contribution in [0.1, 0.15) is 21.1 Å². The maximum absolute atomic E-state index is 13.1. The number of aliphatic imine (C=N–C) groups is 1. The molecule has 4 nitrogen and oxygen atoms in total. The number of benzene rings is 1. The van der Waals surface area contributed by atoms with Crippen molar-refractivity contribution in [3.63, 3.8) is 0 Å². The monoisotopic (exact) mass is 448 g/mol. The minimum Gasteiger partial charge on any atom is -0.356 e. The Labute approximate surface area is 157 Å². The van der Waals surface area contributed by atoms with E-state index in [9.17, 15) is 4.39 Å². The summed E-state index contributed by atoms with van der Waals surface area (Å²) < 4.78 is 13.1. The van der Waals surface area contributed by atoms with Crippen LogP contribution in [-0.2, 0) is 13.0 Å². The third-order valence-electron chi connectivity index (χ3n) is 3.30. The maximum Gasteiger partial charge on any atom is 0.191 e. The van der Waals surface area contributed by atoms with Gasteiger partial charge in [-0.25, -0.2) is 9.37 Å². The zero-order valence-corrected chi connectivity index (χ0v) is 16.7. The fraction of sp³-hybridized carbons (Fsp3) is 0.375. The number of guanidine groups is 1. The Morgan fingerprint density at radius 1 is 1.30 bits per heavy atom. The number of nitrogens with zero attached hydrogens (tertiary/aromatic N) is 2. The van der Waals surface area contributed by atoms with Crippen molar-refractivity contribution >= 4 is 41.3 Å². The third-order valence-corrected chi connectivity index (χ3v) is 4.37. The van der Waals surface area contributed by atoms with E-state index in [-0.39, 0.29) is 29.8 Å². The highest BCUT2D eigenvalue weighted by molar-refractivity contribution is 14.0. The van der Waals surface area contributed by atoms with Gasteiger partial charge in [-0.3, -0.25) is 4.99 Å². The molecular weight excluding hydrogens is 426 g/mol. The van der Waals surface area contributed by atoms with Gasteiger partial charge in [0.15, 0.2) is 5.96 Å². The van der Waals surface area contributed by atoms with Gasteiger partial charge in [0.1, 0.15) is 10.8 Å². The summed E-state index contributed by atoms with van der Waals surface area (Å²) in [6, 6.07) is 6.65. The first-order valence-electron chi connectivity index (χ1n) is 7.20. The number of hydrogen-bond acceptors (Lipinski definition) is 3. The summed E-state index contributed by atoms with van der Waals surface area (Å²) in [6.07, 6.45) is 0.744. The SMILES string of the molecule is CN=C(NCCc1cccc(F)c1)NCc1nc(C)c(C)s1.I. The standard InChI is InChI=1S/C16H21FN4S.HI/c1-11-12(2)22-15(21-11)10-20-16(18-3)19-8-7-13-5-4-6-14(17)9-13;/h4-6,9H,7-8,10H2,1-3H3,(H2,18,19,20);1H. The first-order chi connectivity index (χ1) is 10.6. The molecule has 7 heteroatoms. The number of nitrogens with one attached hydrogen (secondary N) is 2. The van der Waals surface area contributed by atoms with Gasteiger partial charge in [-0.2, -0.15) is 0 Å². The van der Waals surface area contributed by atoms with Crippen molar-refractivity contribution in [3.05, 3.63) is 51.2 Å². The lowest BCUT2D eigenvalue weighted by Gasteiger charge is -2.10. The molecule has 1 heterocycles. The van der Waals surface area contributed by atoms with E-state index >= 15 is 0 Å². The number of aryl methyl sites for hydroxylation is 2. The van der Waals surface area contributed by atoms with E-state index < -0.39 is 0 Å². The summed E-state index contributed by atoms with van der Waals surface area (Å²) in [6.45, 7) is 5.43. The number of thiazole rings is 1. The Hall–Kier alpha value is -1.22. The molecule has 0 aliphatic carbocycles. The summed E-state index contributed by atoms with van der Waals surface area (Å²) in [7, 11) is 1.73. The molecule has 0 unspecified atom stereocenters. The molecule has 1 aromatic heterocycles. The molecule has 0 amide bonds. The van der Waals surface area contributed by atoms with Crippen LogP contribution >= 0.6 is 35.3 Å². The predicted octanol–water partition coefficient (Wildman–Crippen LogP) is 3.42. The van der Waals surface area contributed by atoms with Crippen LogP contribution in [0.3, 0.4) is 0 Å². The fourth-order valence-corrected chi connectivity index (χ4v) is 2.89. The normalized spacial score (nSPS) is 11.0. The van der Waals surface area contributed by atoms with Crippen molar-refractivity contribution < 1.29 is 4.39 Å². The predicted molar refractivity (Wildman–Crippen MR) is 105 cm³/mol. The zero-order chi connectivity index (χ0) is 15.9. The molecule has 0 aliphatic rings. The molecule has 0 radical (unpaired) electrons. The van der Waals surface area contributed by atoms with Crippen molar-refractivity contribution in [1.82, 2.24) is 15.6 Å². The van der Waals surface area contributed by atoms with Crippen LogP contribution in [0, 0.1) is 19.7 Å². The van der Waals surface area contributed by atoms with E-state index in [0.717, 1.165) is 28.6 Å². The van der Waals surface area contributed by atoms with Crippen molar-refractivity contribution in [3.8, 4) is 0 Å². The number of halogens is 2. The Balaban J connectivity index is 0.00000264. The summed E-state index contributed by atoms with van der Waals surface area (Å²) in [5, 5.41) is 7.50. The molecule has 0 bridgehead atoms. The molecule has 0 aliphatic heterocycles. The van der Waals surface area contributed by atoms with E-state index in [4.69, 9.17) is 0 Å². The molecule has 0 spiro atoms. The van der Waals surface area contributed by atoms with Gasteiger partial charge in [-0.1, -0.05) is 12.1 Å². The van der Waals surface area contributed by atoms with Gasteiger partial charge < -0.3 is 10.6 Å². The smallest absolute Gasteiger partial charge is 0.191 e. The summed E-state index contributed by atoms with van der Waals surface area (Å²) >= 11 is 1.69. The van der Waals surface area contributed by atoms with Crippen LogP contribution in [-0.4, -0.2) is 24.5 Å². The van der Waals surface area contributed by atoms with E-state index in [0.29, 0.717) is 13.1 Å². The quantitative estimate of drug-likeness (QED) is 0.419. The second-order valence-electron chi connectivity index (χ2n) is 4.98. The lowest BCUT2D eigenvalue weighted by molar-refractivity contribution is 0.625. The summed E-state index contributed by atoms with van der Waals surface area (Å²) in [5.41, 5.74) is 2.05. The van der Waals surface area contributed by atoms with Gasteiger partial charge in [0, 0.05) is 18.5 Å². The highest BCUT2D eigenvalue weighted by atomic mass is 127. The highest BCUT2D eigenvalue weighted by Crippen LogP contribution is 2.15.